The summed E-state index contributed by atoms with van der Waals surface area (Å²) in [5, 5.41) is 10.7. The summed E-state index contributed by atoms with van der Waals surface area (Å²) in [6.07, 6.45) is 0.675. The van der Waals surface area contributed by atoms with E-state index in [2.05, 4.69) is 34.3 Å². The molecule has 0 saturated carbocycles. The van der Waals surface area contributed by atoms with Gasteiger partial charge in [-0.15, -0.1) is 0 Å². The average Bonchev–Trinajstić information content (AvgIpc) is 3.16. The van der Waals surface area contributed by atoms with Crippen molar-refractivity contribution >= 4 is 11.6 Å². The van der Waals surface area contributed by atoms with Crippen molar-refractivity contribution in [3.63, 3.8) is 0 Å². The molecule has 2 atom stereocenters. The van der Waals surface area contributed by atoms with Gasteiger partial charge in [0.1, 0.15) is 11.6 Å². The van der Waals surface area contributed by atoms with E-state index in [-0.39, 0.29) is 17.2 Å². The lowest BCUT2D eigenvalue weighted by atomic mass is 10.0. The van der Waals surface area contributed by atoms with Gasteiger partial charge in [-0.2, -0.15) is 5.10 Å². The Morgan fingerprint density at radius 1 is 1.48 bits per heavy atom. The molecule has 2 aromatic rings. The summed E-state index contributed by atoms with van der Waals surface area (Å²) in [4.78, 5) is 4.45. The minimum absolute atomic E-state index is 0.100. The van der Waals surface area contributed by atoms with Gasteiger partial charge in [0.15, 0.2) is 5.82 Å². The number of ether oxygens (including phenoxy) is 1. The van der Waals surface area contributed by atoms with Gasteiger partial charge in [0.05, 0.1) is 17.7 Å². The van der Waals surface area contributed by atoms with E-state index in [1.54, 1.807) is 12.1 Å². The zero-order valence-electron chi connectivity index (χ0n) is 13.1. The van der Waals surface area contributed by atoms with Crippen LogP contribution in [0.4, 0.5) is 4.39 Å². The average molecular weight is 339 g/mol. The van der Waals surface area contributed by atoms with Crippen molar-refractivity contribution in [3.8, 4) is 0 Å². The summed E-state index contributed by atoms with van der Waals surface area (Å²) >= 11 is 5.74. The van der Waals surface area contributed by atoms with Crippen LogP contribution in [0, 0.1) is 5.82 Å². The molecule has 23 heavy (non-hydrogen) atoms. The van der Waals surface area contributed by atoms with Crippen molar-refractivity contribution in [1.82, 2.24) is 20.5 Å². The zero-order valence-corrected chi connectivity index (χ0v) is 13.9. The molecule has 0 aliphatic carbocycles. The maximum absolute atomic E-state index is 13.7. The van der Waals surface area contributed by atoms with Crippen LogP contribution in [0.1, 0.15) is 49.5 Å². The fraction of sp³-hybridized carbons (Fsp3) is 0.500. The number of nitrogens with one attached hydrogen (secondary N) is 2. The van der Waals surface area contributed by atoms with Crippen LogP contribution in [0.15, 0.2) is 18.2 Å². The highest BCUT2D eigenvalue weighted by Crippen LogP contribution is 2.31. The lowest BCUT2D eigenvalue weighted by Crippen LogP contribution is -2.31. The molecular formula is C16H20ClFN4O. The second-order valence-electron chi connectivity index (χ2n) is 6.04. The van der Waals surface area contributed by atoms with Crippen molar-refractivity contribution < 1.29 is 9.13 Å². The van der Waals surface area contributed by atoms with Gasteiger partial charge in [-0.1, -0.05) is 31.5 Å². The van der Waals surface area contributed by atoms with E-state index in [1.165, 1.54) is 6.07 Å². The van der Waals surface area contributed by atoms with Crippen LogP contribution in [0.25, 0.3) is 0 Å². The molecule has 7 heteroatoms. The third-order valence-corrected chi connectivity index (χ3v) is 4.27. The van der Waals surface area contributed by atoms with Crippen LogP contribution in [-0.2, 0) is 11.3 Å². The molecule has 1 aliphatic rings. The first-order valence-corrected chi connectivity index (χ1v) is 8.13. The third kappa shape index (κ3) is 3.71. The number of nitrogens with zero attached hydrogens (tertiary/aromatic N) is 2. The lowest BCUT2D eigenvalue weighted by Gasteiger charge is -2.20. The first-order chi connectivity index (χ1) is 11.0. The molecule has 0 bridgehead atoms. The summed E-state index contributed by atoms with van der Waals surface area (Å²) < 4.78 is 19.4. The highest BCUT2D eigenvalue weighted by Gasteiger charge is 2.30. The first kappa shape index (κ1) is 16.4. The van der Waals surface area contributed by atoms with Gasteiger partial charge >= 0.3 is 0 Å². The Morgan fingerprint density at radius 2 is 2.30 bits per heavy atom. The molecule has 1 saturated heterocycles. The normalized spacial score (nSPS) is 21.3. The van der Waals surface area contributed by atoms with E-state index >= 15 is 0 Å². The Hall–Kier alpha value is -1.50. The van der Waals surface area contributed by atoms with Gasteiger partial charge in [0, 0.05) is 18.6 Å². The highest BCUT2D eigenvalue weighted by atomic mass is 35.5. The molecule has 2 N–H and O–H groups in total. The third-order valence-electron chi connectivity index (χ3n) is 3.96. The molecule has 5 nitrogen and oxygen atoms in total. The second kappa shape index (κ2) is 6.95. The predicted molar refractivity (Wildman–Crippen MR) is 85.8 cm³/mol. The van der Waals surface area contributed by atoms with Gasteiger partial charge in [-0.3, -0.25) is 5.10 Å². The van der Waals surface area contributed by atoms with E-state index in [4.69, 9.17) is 16.3 Å². The van der Waals surface area contributed by atoms with Gasteiger partial charge < -0.3 is 10.1 Å². The summed E-state index contributed by atoms with van der Waals surface area (Å²) in [5.41, 5.74) is 0.794. The van der Waals surface area contributed by atoms with Crippen LogP contribution >= 0.6 is 11.6 Å². The molecule has 1 fully saturated rings. The van der Waals surface area contributed by atoms with Crippen molar-refractivity contribution in [2.24, 2.45) is 0 Å². The molecule has 1 aliphatic heterocycles. The Bertz CT molecular complexity index is 676. The van der Waals surface area contributed by atoms with E-state index < -0.39 is 5.82 Å². The number of hydrogen-bond donors (Lipinski definition) is 2. The number of H-pyrrole nitrogens is 1. The fourth-order valence-corrected chi connectivity index (χ4v) is 2.81. The zero-order chi connectivity index (χ0) is 16.4. The minimum Gasteiger partial charge on any atom is -0.372 e. The number of aromatic amines is 1. The van der Waals surface area contributed by atoms with Crippen LogP contribution in [0.5, 0.6) is 0 Å². The van der Waals surface area contributed by atoms with Gasteiger partial charge in [0.2, 0.25) is 0 Å². The van der Waals surface area contributed by atoms with E-state index in [0.717, 1.165) is 23.6 Å². The Balaban J connectivity index is 1.65. The van der Waals surface area contributed by atoms with Gasteiger partial charge in [0.25, 0.3) is 0 Å². The number of rotatable bonds is 5. The largest absolute Gasteiger partial charge is 0.372 e. The van der Waals surface area contributed by atoms with Crippen molar-refractivity contribution in [3.05, 3.63) is 46.3 Å². The summed E-state index contributed by atoms with van der Waals surface area (Å²) in [6, 6.07) is 4.92. The van der Waals surface area contributed by atoms with Crippen molar-refractivity contribution in [2.75, 3.05) is 6.61 Å². The molecule has 1 aromatic carbocycles. The fourth-order valence-electron chi connectivity index (χ4n) is 2.69. The standard InChI is InChI=1S/C16H20ClFN4O/c1-9(2)16-20-14(21-22-16)8-19-13-5-6-23-15(13)10-3-4-11(17)12(18)7-10/h3-4,7,9,13,15,19H,5-6,8H2,1-2H3,(H,20,21,22)/t13-,15+/m1/s1. The maximum atomic E-state index is 13.7. The summed E-state index contributed by atoms with van der Waals surface area (Å²) in [5.74, 6) is 1.47. The molecule has 2 heterocycles. The lowest BCUT2D eigenvalue weighted by molar-refractivity contribution is 0.0981. The van der Waals surface area contributed by atoms with E-state index in [1.807, 2.05) is 0 Å². The van der Waals surface area contributed by atoms with Gasteiger partial charge in [-0.25, -0.2) is 9.37 Å². The molecule has 0 radical (unpaired) electrons. The quantitative estimate of drug-likeness (QED) is 0.877. The Labute approximate surface area is 139 Å². The minimum atomic E-state index is -0.421. The Kier molecular flexibility index (Phi) is 4.94. The highest BCUT2D eigenvalue weighted by molar-refractivity contribution is 6.30. The van der Waals surface area contributed by atoms with Crippen LogP contribution in [0.3, 0.4) is 0 Å². The van der Waals surface area contributed by atoms with E-state index in [9.17, 15) is 4.39 Å². The summed E-state index contributed by atoms with van der Waals surface area (Å²) in [7, 11) is 0. The molecule has 0 unspecified atom stereocenters. The number of halogens is 2. The topological polar surface area (TPSA) is 62.8 Å². The molecule has 0 amide bonds. The van der Waals surface area contributed by atoms with Gasteiger partial charge in [-0.05, 0) is 24.1 Å². The molecule has 1 aromatic heterocycles. The molecule has 3 rings (SSSR count). The number of aromatic nitrogens is 3. The first-order valence-electron chi connectivity index (χ1n) is 7.75. The monoisotopic (exact) mass is 338 g/mol. The smallest absolute Gasteiger partial charge is 0.153 e. The Morgan fingerprint density at radius 3 is 3.00 bits per heavy atom. The predicted octanol–water partition coefficient (Wildman–Crippen LogP) is 3.34. The van der Waals surface area contributed by atoms with Crippen LogP contribution in [0.2, 0.25) is 5.02 Å². The molecule has 124 valence electrons. The van der Waals surface area contributed by atoms with E-state index in [0.29, 0.717) is 19.1 Å². The maximum Gasteiger partial charge on any atom is 0.153 e. The molecule has 0 spiro atoms. The SMILES string of the molecule is CC(C)c1n[nH]c(CN[C@@H]2CCO[C@H]2c2ccc(Cl)c(F)c2)n1. The number of benzene rings is 1. The number of hydrogen-bond acceptors (Lipinski definition) is 4. The van der Waals surface area contributed by atoms with Crippen molar-refractivity contribution in [1.29, 1.82) is 0 Å². The second-order valence-corrected chi connectivity index (χ2v) is 6.44. The summed E-state index contributed by atoms with van der Waals surface area (Å²) in [6.45, 7) is 5.31. The van der Waals surface area contributed by atoms with Crippen molar-refractivity contribution in [2.45, 2.75) is 44.9 Å². The van der Waals surface area contributed by atoms with Crippen LogP contribution < -0.4 is 5.32 Å². The molecular weight excluding hydrogens is 319 g/mol. The van der Waals surface area contributed by atoms with Crippen LogP contribution in [-0.4, -0.2) is 27.8 Å².